The van der Waals surface area contributed by atoms with Crippen LogP contribution in [0.15, 0.2) is 18.5 Å². The van der Waals surface area contributed by atoms with E-state index in [2.05, 4.69) is 19.6 Å². The zero-order chi connectivity index (χ0) is 14.8. The number of amides is 1. The summed E-state index contributed by atoms with van der Waals surface area (Å²) < 4.78 is 17.7. The first-order valence-electron chi connectivity index (χ1n) is 5.78. The molecule has 1 amide bonds. The molecule has 2 aromatic heterocycles. The maximum atomic E-state index is 11.5. The second-order valence-corrected chi connectivity index (χ2v) is 5.50. The topological polar surface area (TPSA) is 132 Å². The van der Waals surface area contributed by atoms with Crippen LogP contribution in [0.3, 0.4) is 0 Å². The highest BCUT2D eigenvalue weighted by Crippen LogP contribution is 2.36. The van der Waals surface area contributed by atoms with Crippen molar-refractivity contribution in [1.82, 2.24) is 19.5 Å². The van der Waals surface area contributed by atoms with Gasteiger partial charge in [-0.25, -0.2) is 19.6 Å². The smallest absolute Gasteiger partial charge is 0.364 e. The molecule has 108 valence electrons. The van der Waals surface area contributed by atoms with E-state index in [1.807, 2.05) is 0 Å². The van der Waals surface area contributed by atoms with Crippen molar-refractivity contribution >= 4 is 19.4 Å². The van der Waals surface area contributed by atoms with Crippen LogP contribution in [-0.4, -0.2) is 31.8 Å². The number of hydrogen-bond donors (Lipinski definition) is 3. The van der Waals surface area contributed by atoms with Crippen LogP contribution in [0.25, 0.3) is 5.78 Å². The van der Waals surface area contributed by atoms with Gasteiger partial charge in [-0.15, -0.1) is 0 Å². The monoisotopic (exact) mass is 299 g/mol. The van der Waals surface area contributed by atoms with Gasteiger partial charge in [0.25, 0.3) is 5.91 Å². The van der Waals surface area contributed by atoms with Gasteiger partial charge in [0, 0.05) is 18.9 Å². The van der Waals surface area contributed by atoms with Crippen LogP contribution in [-0.2, 0) is 15.6 Å². The number of fused-ring (bicyclic) bond motifs is 1. The molecular weight excluding hydrogens is 285 g/mol. The lowest BCUT2D eigenvalue weighted by atomic mass is 10.4. The molecule has 0 aliphatic rings. The number of hydrogen-bond acceptors (Lipinski definition) is 5. The third-order valence-electron chi connectivity index (χ3n) is 2.40. The Morgan fingerprint density at radius 2 is 2.35 bits per heavy atom. The average molecular weight is 299 g/mol. The van der Waals surface area contributed by atoms with Gasteiger partial charge >= 0.3 is 7.75 Å². The maximum absolute atomic E-state index is 11.5. The van der Waals surface area contributed by atoms with Crippen LogP contribution in [0.2, 0.25) is 0 Å². The molecule has 2 aromatic rings. The molecule has 0 fully saturated rings. The van der Waals surface area contributed by atoms with Gasteiger partial charge in [-0.2, -0.15) is 0 Å². The molecule has 0 aliphatic carbocycles. The molecule has 0 aromatic carbocycles. The Hall–Kier alpha value is -1.80. The maximum Gasteiger partial charge on any atom is 0.403 e. The minimum Gasteiger partial charge on any atom is -0.364 e. The first kappa shape index (κ1) is 14.6. The summed E-state index contributed by atoms with van der Waals surface area (Å²) in [6.45, 7) is 1.77. The molecule has 1 atom stereocenters. The summed E-state index contributed by atoms with van der Waals surface area (Å²) >= 11 is 0. The summed E-state index contributed by atoms with van der Waals surface area (Å²) in [4.78, 5) is 28.5. The summed E-state index contributed by atoms with van der Waals surface area (Å²) in [5, 5.41) is 2.37. The fourth-order valence-electron chi connectivity index (χ4n) is 1.53. The Balaban J connectivity index is 2.15. The SMILES string of the molecule is CCOP(=O)(O)NCc1ccn2cc(C(N)=O)nc2n1. The third kappa shape index (κ3) is 3.40. The Labute approximate surface area is 114 Å². The average Bonchev–Trinajstić information content (AvgIpc) is 2.79. The Kier molecular flexibility index (Phi) is 4.15. The van der Waals surface area contributed by atoms with E-state index in [-0.39, 0.29) is 24.6 Å². The largest absolute Gasteiger partial charge is 0.403 e. The molecule has 4 N–H and O–H groups in total. The summed E-state index contributed by atoms with van der Waals surface area (Å²) in [7, 11) is -3.82. The first-order chi connectivity index (χ1) is 9.41. The molecule has 2 heterocycles. The van der Waals surface area contributed by atoms with Crippen molar-refractivity contribution in [1.29, 1.82) is 0 Å². The molecule has 0 bridgehead atoms. The normalized spacial score (nSPS) is 14.3. The number of nitrogens with two attached hydrogens (primary N) is 1. The van der Waals surface area contributed by atoms with Crippen LogP contribution < -0.4 is 10.8 Å². The summed E-state index contributed by atoms with van der Waals surface area (Å²) in [6, 6.07) is 1.62. The van der Waals surface area contributed by atoms with E-state index in [0.29, 0.717) is 5.69 Å². The Bertz CT molecular complexity index is 685. The second-order valence-electron chi connectivity index (χ2n) is 3.89. The lowest BCUT2D eigenvalue weighted by Crippen LogP contribution is -2.13. The highest BCUT2D eigenvalue weighted by atomic mass is 31.2. The van der Waals surface area contributed by atoms with E-state index >= 15 is 0 Å². The zero-order valence-electron chi connectivity index (χ0n) is 10.7. The highest BCUT2D eigenvalue weighted by molar-refractivity contribution is 7.50. The summed E-state index contributed by atoms with van der Waals surface area (Å²) in [5.74, 6) is -0.367. The van der Waals surface area contributed by atoms with E-state index in [1.165, 1.54) is 10.6 Å². The van der Waals surface area contributed by atoms with Crippen molar-refractivity contribution in [2.45, 2.75) is 13.5 Å². The molecule has 1 unspecified atom stereocenters. The number of carbonyl (C=O) groups is 1. The molecule has 9 nitrogen and oxygen atoms in total. The van der Waals surface area contributed by atoms with Crippen LogP contribution in [0.5, 0.6) is 0 Å². The molecule has 0 radical (unpaired) electrons. The molecular formula is C10H14N5O4P. The van der Waals surface area contributed by atoms with Gasteiger partial charge in [-0.05, 0) is 13.0 Å². The quantitative estimate of drug-likeness (QED) is 0.642. The summed E-state index contributed by atoms with van der Waals surface area (Å²) in [6.07, 6.45) is 3.08. The van der Waals surface area contributed by atoms with Crippen molar-refractivity contribution in [2.24, 2.45) is 5.73 Å². The van der Waals surface area contributed by atoms with Crippen LogP contribution in [0, 0.1) is 0 Å². The number of rotatable bonds is 6. The summed E-state index contributed by atoms with van der Waals surface area (Å²) in [5.41, 5.74) is 5.70. The van der Waals surface area contributed by atoms with Crippen molar-refractivity contribution < 1.29 is 18.8 Å². The molecule has 0 aliphatic heterocycles. The first-order valence-corrected chi connectivity index (χ1v) is 7.36. The minimum atomic E-state index is -3.82. The van der Waals surface area contributed by atoms with E-state index in [4.69, 9.17) is 5.73 Å². The standard InChI is InChI=1S/C10H14N5O4P/c1-2-19-20(17,18)12-5-7-3-4-15-6-8(9(11)16)14-10(15)13-7/h3-4,6H,2,5H2,1H3,(H2,11,16)(H2,12,17,18). The number of nitrogens with zero attached hydrogens (tertiary/aromatic N) is 3. The molecule has 10 heteroatoms. The van der Waals surface area contributed by atoms with Gasteiger partial charge in [0.15, 0.2) is 0 Å². The predicted octanol–water partition coefficient (Wildman–Crippen LogP) is 0.0547. The van der Waals surface area contributed by atoms with Crippen LogP contribution >= 0.6 is 7.75 Å². The van der Waals surface area contributed by atoms with Gasteiger partial charge < -0.3 is 10.6 Å². The van der Waals surface area contributed by atoms with Crippen molar-refractivity contribution in [3.63, 3.8) is 0 Å². The molecule has 2 rings (SSSR count). The Morgan fingerprint density at radius 1 is 1.60 bits per heavy atom. The molecule has 0 saturated carbocycles. The van der Waals surface area contributed by atoms with E-state index in [0.717, 1.165) is 0 Å². The number of nitrogens with one attached hydrogen (secondary N) is 1. The van der Waals surface area contributed by atoms with E-state index in [9.17, 15) is 14.3 Å². The second kappa shape index (κ2) is 5.68. The van der Waals surface area contributed by atoms with E-state index < -0.39 is 13.7 Å². The fraction of sp³-hybridized carbons (Fsp3) is 0.300. The number of imidazole rings is 1. The van der Waals surface area contributed by atoms with E-state index in [1.54, 1.807) is 19.2 Å². The van der Waals surface area contributed by atoms with Gasteiger partial charge in [-0.1, -0.05) is 0 Å². The van der Waals surface area contributed by atoms with Gasteiger partial charge in [0.05, 0.1) is 12.3 Å². The predicted molar refractivity (Wildman–Crippen MR) is 69.8 cm³/mol. The zero-order valence-corrected chi connectivity index (χ0v) is 11.6. The third-order valence-corrected chi connectivity index (χ3v) is 3.57. The van der Waals surface area contributed by atoms with Crippen molar-refractivity contribution in [3.05, 3.63) is 29.8 Å². The lowest BCUT2D eigenvalue weighted by molar-refractivity contribution is 0.0996. The Morgan fingerprint density at radius 3 is 3.00 bits per heavy atom. The number of primary amides is 1. The van der Waals surface area contributed by atoms with Gasteiger partial charge in [0.1, 0.15) is 5.69 Å². The number of carbonyl (C=O) groups excluding carboxylic acids is 1. The highest BCUT2D eigenvalue weighted by Gasteiger charge is 2.17. The molecule has 0 spiro atoms. The van der Waals surface area contributed by atoms with Crippen molar-refractivity contribution in [3.8, 4) is 0 Å². The van der Waals surface area contributed by atoms with Crippen molar-refractivity contribution in [2.75, 3.05) is 6.61 Å². The lowest BCUT2D eigenvalue weighted by Gasteiger charge is -2.11. The number of aromatic nitrogens is 3. The van der Waals surface area contributed by atoms with Crippen LogP contribution in [0.4, 0.5) is 0 Å². The molecule has 0 saturated heterocycles. The van der Waals surface area contributed by atoms with Crippen LogP contribution in [0.1, 0.15) is 23.1 Å². The fourth-order valence-corrected chi connectivity index (χ4v) is 2.33. The minimum absolute atomic E-state index is 0.0308. The molecule has 20 heavy (non-hydrogen) atoms. The van der Waals surface area contributed by atoms with Gasteiger partial charge in [-0.3, -0.25) is 13.7 Å². The van der Waals surface area contributed by atoms with Gasteiger partial charge in [0.2, 0.25) is 5.78 Å².